The average Bonchev–Trinajstić information content (AvgIpc) is 3.09. The van der Waals surface area contributed by atoms with Gasteiger partial charge in [0.05, 0.1) is 19.4 Å². The monoisotopic (exact) mass is 433 g/mol. The molecule has 6 heteroatoms. The van der Waals surface area contributed by atoms with Crippen LogP contribution < -0.4 is 4.74 Å². The number of carbonyl (C=O) groups is 1. The largest absolute Gasteiger partial charge is 0.497 e. The van der Waals surface area contributed by atoms with E-state index in [4.69, 9.17) is 21.4 Å². The highest BCUT2D eigenvalue weighted by atomic mass is 35.5. The summed E-state index contributed by atoms with van der Waals surface area (Å²) in [6, 6.07) is 25.4. The molecule has 0 saturated carbocycles. The van der Waals surface area contributed by atoms with Crippen molar-refractivity contribution in [1.82, 2.24) is 9.91 Å². The van der Waals surface area contributed by atoms with Gasteiger partial charge in [0.25, 0.3) is 5.91 Å². The molecule has 1 heterocycles. The molecule has 31 heavy (non-hydrogen) atoms. The molecule has 0 aromatic heterocycles. The topological polar surface area (TPSA) is 45.1 Å². The van der Waals surface area contributed by atoms with Gasteiger partial charge < -0.3 is 4.74 Å². The van der Waals surface area contributed by atoms with E-state index in [2.05, 4.69) is 17.0 Å². The maximum atomic E-state index is 13.0. The van der Waals surface area contributed by atoms with E-state index in [9.17, 15) is 4.79 Å². The van der Waals surface area contributed by atoms with Gasteiger partial charge in [-0.25, -0.2) is 5.01 Å². The van der Waals surface area contributed by atoms with Crippen LogP contribution in [0.2, 0.25) is 5.02 Å². The Morgan fingerprint density at radius 3 is 2.35 bits per heavy atom. The number of amides is 1. The van der Waals surface area contributed by atoms with E-state index >= 15 is 0 Å². The molecule has 0 aliphatic carbocycles. The standard InChI is InChI=1S/C25H24ClN3O2/c1-18(20-8-12-22(26)13-9-20)27-29-24(30)17-28(16-19-6-4-3-5-7-19)25(29)21-10-14-23(31-2)15-11-21/h3-15,25H,16-17H2,1-2H3/b27-18-/t25-/m0/s1. The van der Waals surface area contributed by atoms with Gasteiger partial charge >= 0.3 is 0 Å². The van der Waals surface area contributed by atoms with Crippen LogP contribution in [0.3, 0.4) is 0 Å². The van der Waals surface area contributed by atoms with Gasteiger partial charge in [-0.3, -0.25) is 9.69 Å². The summed E-state index contributed by atoms with van der Waals surface area (Å²) in [5, 5.41) is 6.99. The van der Waals surface area contributed by atoms with Crippen molar-refractivity contribution in [3.63, 3.8) is 0 Å². The number of carbonyl (C=O) groups excluding carboxylic acids is 1. The van der Waals surface area contributed by atoms with Gasteiger partial charge in [0.2, 0.25) is 0 Å². The Kier molecular flexibility index (Phi) is 6.35. The summed E-state index contributed by atoms with van der Waals surface area (Å²) in [7, 11) is 1.64. The number of nitrogens with zero attached hydrogens (tertiary/aromatic N) is 3. The molecule has 0 unspecified atom stereocenters. The first-order valence-corrected chi connectivity index (χ1v) is 10.5. The first-order chi connectivity index (χ1) is 15.0. The van der Waals surface area contributed by atoms with Crippen LogP contribution in [-0.2, 0) is 11.3 Å². The van der Waals surface area contributed by atoms with Crippen molar-refractivity contribution in [2.75, 3.05) is 13.7 Å². The highest BCUT2D eigenvalue weighted by Crippen LogP contribution is 2.33. The minimum atomic E-state index is -0.305. The van der Waals surface area contributed by atoms with Gasteiger partial charge in [-0.2, -0.15) is 5.10 Å². The molecular weight excluding hydrogens is 410 g/mol. The highest BCUT2D eigenvalue weighted by Gasteiger charge is 2.39. The van der Waals surface area contributed by atoms with E-state index in [1.54, 1.807) is 12.1 Å². The maximum Gasteiger partial charge on any atom is 0.258 e. The number of hydrazone groups is 1. The Labute approximate surface area is 187 Å². The average molecular weight is 434 g/mol. The van der Waals surface area contributed by atoms with Gasteiger partial charge in [-0.15, -0.1) is 0 Å². The number of halogens is 1. The second kappa shape index (κ2) is 9.33. The second-order valence-electron chi connectivity index (χ2n) is 7.47. The zero-order chi connectivity index (χ0) is 21.8. The lowest BCUT2D eigenvalue weighted by Gasteiger charge is -2.28. The van der Waals surface area contributed by atoms with E-state index in [0.717, 1.165) is 28.2 Å². The third-order valence-corrected chi connectivity index (χ3v) is 5.59. The van der Waals surface area contributed by atoms with Crippen molar-refractivity contribution in [2.45, 2.75) is 19.6 Å². The van der Waals surface area contributed by atoms with E-state index in [-0.39, 0.29) is 12.1 Å². The van der Waals surface area contributed by atoms with Gasteiger partial charge in [0, 0.05) is 11.6 Å². The van der Waals surface area contributed by atoms with E-state index in [1.165, 1.54) is 0 Å². The first kappa shape index (κ1) is 21.1. The molecule has 3 aromatic carbocycles. The fourth-order valence-corrected chi connectivity index (χ4v) is 3.86. The molecule has 0 bridgehead atoms. The van der Waals surface area contributed by atoms with Crippen LogP contribution in [-0.4, -0.2) is 35.2 Å². The number of hydrogen-bond donors (Lipinski definition) is 0. The molecule has 1 atom stereocenters. The van der Waals surface area contributed by atoms with Gasteiger partial charge in [-0.05, 0) is 47.9 Å². The van der Waals surface area contributed by atoms with Crippen LogP contribution in [0.15, 0.2) is 84.0 Å². The molecule has 158 valence electrons. The van der Waals surface area contributed by atoms with Crippen LogP contribution in [0.25, 0.3) is 0 Å². The zero-order valence-corrected chi connectivity index (χ0v) is 18.3. The summed E-state index contributed by atoms with van der Waals surface area (Å²) in [5.74, 6) is 0.736. The fraction of sp³-hybridized carbons (Fsp3) is 0.200. The van der Waals surface area contributed by atoms with Crippen molar-refractivity contribution >= 4 is 23.2 Å². The molecule has 0 spiro atoms. The van der Waals surface area contributed by atoms with Crippen LogP contribution >= 0.6 is 11.6 Å². The number of rotatable bonds is 6. The minimum absolute atomic E-state index is 0.0370. The van der Waals surface area contributed by atoms with Crippen molar-refractivity contribution < 1.29 is 9.53 Å². The molecule has 1 amide bonds. The normalized spacial score (nSPS) is 17.3. The lowest BCUT2D eigenvalue weighted by Crippen LogP contribution is -2.29. The zero-order valence-electron chi connectivity index (χ0n) is 17.5. The lowest BCUT2D eigenvalue weighted by molar-refractivity contribution is -0.128. The number of benzene rings is 3. The van der Waals surface area contributed by atoms with Gasteiger partial charge in [0.1, 0.15) is 11.9 Å². The molecule has 4 rings (SSSR count). The summed E-state index contributed by atoms with van der Waals surface area (Å²) in [5.41, 5.74) is 3.81. The Morgan fingerprint density at radius 1 is 1.03 bits per heavy atom. The van der Waals surface area contributed by atoms with Crippen molar-refractivity contribution in [2.24, 2.45) is 5.10 Å². The summed E-state index contributed by atoms with van der Waals surface area (Å²) in [4.78, 5) is 15.2. The molecule has 3 aromatic rings. The third kappa shape index (κ3) is 4.79. The smallest absolute Gasteiger partial charge is 0.258 e. The van der Waals surface area contributed by atoms with E-state index in [0.29, 0.717) is 18.1 Å². The summed E-state index contributed by atoms with van der Waals surface area (Å²) >= 11 is 6.01. The van der Waals surface area contributed by atoms with Crippen LogP contribution in [0.1, 0.15) is 29.8 Å². The SMILES string of the molecule is COc1ccc([C@H]2N(Cc3ccccc3)CC(=O)N2/N=C(/C)c2ccc(Cl)cc2)cc1. The fourth-order valence-electron chi connectivity index (χ4n) is 3.73. The summed E-state index contributed by atoms with van der Waals surface area (Å²) < 4.78 is 5.30. The molecule has 0 N–H and O–H groups in total. The summed E-state index contributed by atoms with van der Waals surface area (Å²) in [6.07, 6.45) is -0.305. The first-order valence-electron chi connectivity index (χ1n) is 10.1. The Morgan fingerprint density at radius 2 is 1.71 bits per heavy atom. The molecule has 1 aliphatic heterocycles. The number of hydrogen-bond acceptors (Lipinski definition) is 4. The quantitative estimate of drug-likeness (QED) is 0.507. The van der Waals surface area contributed by atoms with E-state index in [1.807, 2.05) is 73.7 Å². The van der Waals surface area contributed by atoms with Crippen LogP contribution in [0, 0.1) is 0 Å². The maximum absolute atomic E-state index is 13.0. The third-order valence-electron chi connectivity index (χ3n) is 5.33. The predicted molar refractivity (Wildman–Crippen MR) is 123 cm³/mol. The molecule has 1 saturated heterocycles. The van der Waals surface area contributed by atoms with Crippen molar-refractivity contribution in [3.05, 3.63) is 101 Å². The molecule has 1 aliphatic rings. The summed E-state index contributed by atoms with van der Waals surface area (Å²) in [6.45, 7) is 2.85. The number of methoxy groups -OCH3 is 1. The molecule has 0 radical (unpaired) electrons. The van der Waals surface area contributed by atoms with Crippen molar-refractivity contribution in [3.8, 4) is 5.75 Å². The van der Waals surface area contributed by atoms with Crippen LogP contribution in [0.4, 0.5) is 0 Å². The second-order valence-corrected chi connectivity index (χ2v) is 7.90. The molecular formula is C25H24ClN3O2. The lowest BCUT2D eigenvalue weighted by atomic mass is 10.1. The minimum Gasteiger partial charge on any atom is -0.497 e. The molecule has 1 fully saturated rings. The van der Waals surface area contributed by atoms with Crippen molar-refractivity contribution in [1.29, 1.82) is 0 Å². The Balaban J connectivity index is 1.69. The number of ether oxygens (including phenoxy) is 1. The van der Waals surface area contributed by atoms with Crippen LogP contribution in [0.5, 0.6) is 5.75 Å². The van der Waals surface area contributed by atoms with Gasteiger partial charge in [-0.1, -0.05) is 66.2 Å². The molecule has 5 nitrogen and oxygen atoms in total. The highest BCUT2D eigenvalue weighted by molar-refractivity contribution is 6.30. The Bertz CT molecular complexity index is 1070. The van der Waals surface area contributed by atoms with Gasteiger partial charge in [0.15, 0.2) is 0 Å². The Hall–Kier alpha value is -3.15. The van der Waals surface area contributed by atoms with E-state index < -0.39 is 0 Å². The predicted octanol–water partition coefficient (Wildman–Crippen LogP) is 5.12.